The molecule has 0 amide bonds. The van der Waals surface area contributed by atoms with Crippen molar-refractivity contribution in [2.75, 3.05) is 27.4 Å². The first-order valence-electron chi connectivity index (χ1n) is 25.6. The van der Waals surface area contributed by atoms with Crippen molar-refractivity contribution in [2.24, 2.45) is 39.2 Å². The van der Waals surface area contributed by atoms with E-state index in [-0.39, 0.29) is 54.3 Å². The molecule has 2 heterocycles. The molecule has 0 bridgehead atoms. The van der Waals surface area contributed by atoms with Crippen LogP contribution in [-0.4, -0.2) is 84.4 Å². The van der Waals surface area contributed by atoms with E-state index in [0.717, 1.165) is 60.8 Å². The number of carboxylic acids is 1. The van der Waals surface area contributed by atoms with E-state index in [2.05, 4.69) is 71.4 Å². The molecule has 2 saturated carbocycles. The molecule has 0 atom stereocenters. The molecular weight excluding hydrogens is 1030 g/mol. The number of Topliss-reactive ketones (excluding diaryl/α,β-unsaturated/α-hetero) is 1. The Labute approximate surface area is 464 Å². The Morgan fingerprint density at radius 1 is 0.592 bits per heavy atom. The highest BCUT2D eigenvalue weighted by Crippen LogP contribution is 2.47. The summed E-state index contributed by atoms with van der Waals surface area (Å²) in [6.45, 7) is 13.5. The van der Waals surface area contributed by atoms with E-state index >= 15 is 0 Å². The van der Waals surface area contributed by atoms with E-state index in [1.54, 1.807) is 6.07 Å². The Kier molecular flexibility index (Phi) is 21.9. The zero-order valence-electron chi connectivity index (χ0n) is 45.0. The fourth-order valence-electron chi connectivity index (χ4n) is 9.90. The van der Waals surface area contributed by atoms with Gasteiger partial charge in [0.25, 0.3) is 0 Å². The van der Waals surface area contributed by atoms with Gasteiger partial charge in [0.05, 0.1) is 48.3 Å². The lowest BCUT2D eigenvalue weighted by Crippen LogP contribution is -2.41. The number of halogens is 3. The quantitative estimate of drug-likeness (QED) is 0.0798. The van der Waals surface area contributed by atoms with E-state index in [4.69, 9.17) is 43.5 Å². The largest absolute Gasteiger partial charge is 0.481 e. The lowest BCUT2D eigenvalue weighted by molar-refractivity contribution is -0.155. The van der Waals surface area contributed by atoms with Gasteiger partial charge < -0.3 is 30.5 Å². The van der Waals surface area contributed by atoms with Crippen LogP contribution in [0.2, 0.25) is 10.0 Å². The van der Waals surface area contributed by atoms with Gasteiger partial charge in [0, 0.05) is 35.2 Å². The van der Waals surface area contributed by atoms with Gasteiger partial charge in [0.2, 0.25) is 0 Å². The van der Waals surface area contributed by atoms with Crippen molar-refractivity contribution < 1.29 is 34.4 Å². The number of benzene rings is 4. The number of aliphatic carboxylic acids is 1. The topological polar surface area (TPSA) is 217 Å². The number of ether oxygens (including phenoxy) is 2. The van der Waals surface area contributed by atoms with E-state index < -0.39 is 16.8 Å². The Balaban J connectivity index is 0.000000232. The summed E-state index contributed by atoms with van der Waals surface area (Å²) >= 11 is 12.9. The number of hydrogen-bond donors (Lipinski definition) is 4. The summed E-state index contributed by atoms with van der Waals surface area (Å²) in [7, 11) is 3.04. The van der Waals surface area contributed by atoms with Crippen LogP contribution in [0.1, 0.15) is 110 Å². The maximum absolute atomic E-state index is 13.4. The third-order valence-corrected chi connectivity index (χ3v) is 15.7. The second-order valence-electron chi connectivity index (χ2n) is 21.9. The minimum Gasteiger partial charge on any atom is -0.481 e. The highest BCUT2D eigenvalue weighted by Gasteiger charge is 2.44. The number of methoxy groups -OCH3 is 2. The van der Waals surface area contributed by atoms with Crippen LogP contribution in [0.15, 0.2) is 97.1 Å². The number of nitrogens with two attached hydrogens (primary N) is 1. The number of hydrogen-bond acceptors (Lipinski definition) is 13. The summed E-state index contributed by atoms with van der Waals surface area (Å²) in [5, 5.41) is 29.6. The van der Waals surface area contributed by atoms with Gasteiger partial charge in [-0.05, 0) is 116 Å². The third-order valence-electron chi connectivity index (χ3n) is 15.1. The lowest BCUT2D eigenvalue weighted by Gasteiger charge is -2.42. The first kappa shape index (κ1) is 61.2. The van der Waals surface area contributed by atoms with E-state index in [9.17, 15) is 19.8 Å². The monoisotopic (exact) mass is 1100 g/mol. The van der Waals surface area contributed by atoms with Crippen LogP contribution >= 0.6 is 35.6 Å². The average molecular weight is 1100 g/mol. The Hall–Kier alpha value is -5.61. The van der Waals surface area contributed by atoms with E-state index in [0.29, 0.717) is 88.5 Å². The molecule has 0 saturated heterocycles. The van der Waals surface area contributed by atoms with Crippen LogP contribution < -0.4 is 15.2 Å². The zero-order chi connectivity index (χ0) is 54.6. The molecule has 14 nitrogen and oxygen atoms in total. The van der Waals surface area contributed by atoms with Gasteiger partial charge in [-0.3, -0.25) is 9.59 Å². The van der Waals surface area contributed by atoms with Gasteiger partial charge in [0.1, 0.15) is 5.78 Å². The van der Waals surface area contributed by atoms with Crippen LogP contribution in [-0.2, 0) is 22.6 Å². The van der Waals surface area contributed by atoms with Gasteiger partial charge in [-0.2, -0.15) is 19.9 Å². The Morgan fingerprint density at radius 2 is 0.974 bits per heavy atom. The minimum absolute atomic E-state index is 0. The standard InChI is InChI=1S/C30H36ClN3O3.C17H15ClN4O.C12H22O3.ClH/c1-29(2,3)22-14-16-30(19-35,17-15-22)25(36)13-11-20-10-12-24(31)23(18-20)27-32-26(33-28(34-27)37-4)21-8-6-5-7-9-21;1-23-17-21-15(12-5-3-2-4-6-12)20-16(22-17)13-9-11(10-19)7-8-14(13)18;1-11(2,3)9-4-6-12(8-13,7-5-9)10(14)15;/h5-10,12,18,22,35H,11,13-17,19H2,1-4H3;2-9H,10,19H2,1H3;9,13H,4-8H2,1-3H3,(H,14,15);1H. The molecule has 5 N–H and O–H groups in total. The first-order chi connectivity index (χ1) is 35.7. The highest BCUT2D eigenvalue weighted by molar-refractivity contribution is 6.33. The molecule has 17 heteroatoms. The molecule has 6 aromatic rings. The maximum atomic E-state index is 13.4. The summed E-state index contributed by atoms with van der Waals surface area (Å²) in [5.41, 5.74) is 9.69. The highest BCUT2D eigenvalue weighted by atomic mass is 35.5. The molecule has 2 aliphatic rings. The number of nitrogens with zero attached hydrogens (tertiary/aromatic N) is 6. The molecule has 2 aliphatic carbocycles. The molecule has 76 heavy (non-hydrogen) atoms. The zero-order valence-corrected chi connectivity index (χ0v) is 47.3. The number of aryl methyl sites for hydroxylation is 1. The minimum atomic E-state index is -0.859. The van der Waals surface area contributed by atoms with Crippen LogP contribution in [0, 0.1) is 33.5 Å². The SMILES string of the molecule is CC(C)(C)C1CCC(CO)(C(=O)O)CC1.COc1nc(-c2ccccc2)nc(-c2cc(CCC(=O)C3(CO)CCC(C(C)(C)C)CC3)ccc2Cl)n1.COc1nc(-c2ccccc2)nc(-c2cc(CN)ccc2Cl)n1.Cl. The molecule has 0 radical (unpaired) electrons. The van der Waals surface area contributed by atoms with Crippen molar-refractivity contribution in [3.05, 3.63) is 118 Å². The average Bonchev–Trinajstić information content (AvgIpc) is 3.42. The molecule has 8 rings (SSSR count). The molecule has 408 valence electrons. The number of aromatic nitrogens is 6. The van der Waals surface area contributed by atoms with Crippen LogP contribution in [0.4, 0.5) is 0 Å². The number of carbonyl (C=O) groups excluding carboxylic acids is 1. The van der Waals surface area contributed by atoms with Crippen molar-refractivity contribution in [1.29, 1.82) is 0 Å². The third kappa shape index (κ3) is 15.5. The summed E-state index contributed by atoms with van der Waals surface area (Å²) in [4.78, 5) is 51.1. The Bertz CT molecular complexity index is 2850. The number of aliphatic hydroxyl groups is 2. The number of ketones is 1. The predicted octanol–water partition coefficient (Wildman–Crippen LogP) is 12.6. The van der Waals surface area contributed by atoms with Gasteiger partial charge in [-0.25, -0.2) is 9.97 Å². The number of rotatable bonds is 14. The van der Waals surface area contributed by atoms with Crippen molar-refractivity contribution in [2.45, 2.75) is 112 Å². The molecule has 2 fully saturated rings. The van der Waals surface area contributed by atoms with E-state index in [1.807, 2.05) is 91.0 Å². The maximum Gasteiger partial charge on any atom is 0.320 e. The molecule has 0 aliphatic heterocycles. The summed E-state index contributed by atoms with van der Waals surface area (Å²) < 4.78 is 10.5. The van der Waals surface area contributed by atoms with Crippen molar-refractivity contribution in [3.63, 3.8) is 0 Å². The van der Waals surface area contributed by atoms with E-state index in [1.165, 1.54) is 14.2 Å². The molecule has 2 aromatic heterocycles. The van der Waals surface area contributed by atoms with Gasteiger partial charge in [-0.1, -0.05) is 138 Å². The number of carboxylic acid groups (broad SMARTS) is 1. The Morgan fingerprint density at radius 3 is 1.34 bits per heavy atom. The number of carbonyl (C=O) groups is 2. The van der Waals surface area contributed by atoms with Crippen LogP contribution in [0.3, 0.4) is 0 Å². The molecule has 0 spiro atoms. The fraction of sp³-hybridized carbons (Fsp3) is 0.458. The predicted molar refractivity (Wildman–Crippen MR) is 302 cm³/mol. The fourth-order valence-corrected chi connectivity index (χ4v) is 10.3. The summed E-state index contributed by atoms with van der Waals surface area (Å²) in [6.07, 6.45) is 7.44. The second kappa shape index (κ2) is 27.1. The molecule has 4 aromatic carbocycles. The van der Waals surface area contributed by atoms with Gasteiger partial charge in [0.15, 0.2) is 23.3 Å². The second-order valence-corrected chi connectivity index (χ2v) is 22.7. The van der Waals surface area contributed by atoms with Gasteiger partial charge >= 0.3 is 18.0 Å². The summed E-state index contributed by atoms with van der Waals surface area (Å²) in [6, 6.07) is 30.9. The smallest absolute Gasteiger partial charge is 0.320 e. The normalized spacial score (nSPS) is 19.4. The lowest BCUT2D eigenvalue weighted by atomic mass is 9.62. The van der Waals surface area contributed by atoms with Gasteiger partial charge in [-0.15, -0.1) is 12.4 Å². The van der Waals surface area contributed by atoms with Crippen molar-refractivity contribution in [3.8, 4) is 57.6 Å². The van der Waals surface area contributed by atoms with Crippen molar-refractivity contribution in [1.82, 2.24) is 29.9 Å². The van der Waals surface area contributed by atoms with Crippen LogP contribution in [0.25, 0.3) is 45.6 Å². The number of aliphatic hydroxyl groups excluding tert-OH is 2. The molecular formula is C59H74Cl3N7O7. The first-order valence-corrected chi connectivity index (χ1v) is 26.4. The summed E-state index contributed by atoms with van der Waals surface area (Å²) in [5.74, 6) is 2.36. The van der Waals surface area contributed by atoms with Crippen molar-refractivity contribution >= 4 is 47.4 Å². The van der Waals surface area contributed by atoms with Crippen LogP contribution in [0.5, 0.6) is 12.0 Å². The molecule has 0 unspecified atom stereocenters.